The smallest absolute Gasteiger partial charge is 0.0953 e. The van der Waals surface area contributed by atoms with Gasteiger partial charge in [-0.2, -0.15) is 0 Å². The minimum Gasteiger partial charge on any atom is -0.249 e. The molecule has 0 radical (unpaired) electrons. The SMILES string of the molecule is CC(C)c1cnc(C(C)C)s1. The molecule has 0 spiro atoms. The second-order valence-electron chi connectivity index (χ2n) is 3.41. The standard InChI is InChI=1S/C9H15NS/c1-6(2)8-5-10-9(11-8)7(3)4/h5-7H,1-4H3. The number of hydrogen-bond acceptors (Lipinski definition) is 2. The molecule has 0 amide bonds. The Labute approximate surface area is 72.5 Å². The Morgan fingerprint density at radius 1 is 1.18 bits per heavy atom. The van der Waals surface area contributed by atoms with Crippen LogP contribution in [-0.4, -0.2) is 4.98 Å². The molecule has 0 fully saturated rings. The summed E-state index contributed by atoms with van der Waals surface area (Å²) in [4.78, 5) is 5.75. The lowest BCUT2D eigenvalue weighted by Gasteiger charge is -1.98. The molecule has 1 aromatic heterocycles. The van der Waals surface area contributed by atoms with Crippen molar-refractivity contribution in [2.45, 2.75) is 39.5 Å². The fraction of sp³-hybridized carbons (Fsp3) is 0.667. The van der Waals surface area contributed by atoms with Gasteiger partial charge in [-0.3, -0.25) is 0 Å². The van der Waals surface area contributed by atoms with E-state index in [0.29, 0.717) is 11.8 Å². The first-order valence-electron chi connectivity index (χ1n) is 4.07. The van der Waals surface area contributed by atoms with Gasteiger partial charge in [-0.1, -0.05) is 27.7 Å². The molecule has 0 N–H and O–H groups in total. The van der Waals surface area contributed by atoms with Gasteiger partial charge >= 0.3 is 0 Å². The molecule has 1 heterocycles. The van der Waals surface area contributed by atoms with E-state index < -0.39 is 0 Å². The summed E-state index contributed by atoms with van der Waals surface area (Å²) in [5.41, 5.74) is 0. The Hall–Kier alpha value is -0.370. The van der Waals surface area contributed by atoms with Gasteiger partial charge in [0.25, 0.3) is 0 Å². The first kappa shape index (κ1) is 8.72. The Morgan fingerprint density at radius 3 is 2.09 bits per heavy atom. The molecule has 0 saturated carbocycles. The van der Waals surface area contributed by atoms with Crippen LogP contribution in [0, 0.1) is 0 Å². The van der Waals surface area contributed by atoms with E-state index >= 15 is 0 Å². The number of nitrogens with zero attached hydrogens (tertiary/aromatic N) is 1. The third-order valence-corrected chi connectivity index (χ3v) is 3.20. The molecule has 0 saturated heterocycles. The zero-order valence-corrected chi connectivity index (χ0v) is 8.40. The maximum Gasteiger partial charge on any atom is 0.0953 e. The van der Waals surface area contributed by atoms with E-state index in [1.165, 1.54) is 9.88 Å². The zero-order valence-electron chi connectivity index (χ0n) is 7.59. The molecule has 0 aromatic carbocycles. The predicted molar refractivity (Wildman–Crippen MR) is 50.3 cm³/mol. The highest BCUT2D eigenvalue weighted by Crippen LogP contribution is 2.26. The summed E-state index contributed by atoms with van der Waals surface area (Å²) < 4.78 is 0. The summed E-state index contributed by atoms with van der Waals surface area (Å²) in [7, 11) is 0. The highest BCUT2D eigenvalue weighted by Gasteiger charge is 2.07. The van der Waals surface area contributed by atoms with Crippen molar-refractivity contribution in [1.29, 1.82) is 0 Å². The third-order valence-electron chi connectivity index (χ3n) is 1.60. The summed E-state index contributed by atoms with van der Waals surface area (Å²) in [6.45, 7) is 8.78. The van der Waals surface area contributed by atoms with Gasteiger partial charge in [0.2, 0.25) is 0 Å². The van der Waals surface area contributed by atoms with Crippen molar-refractivity contribution >= 4 is 11.3 Å². The van der Waals surface area contributed by atoms with Gasteiger partial charge in [-0.25, -0.2) is 4.98 Å². The minimum absolute atomic E-state index is 0.576. The van der Waals surface area contributed by atoms with Crippen LogP contribution in [-0.2, 0) is 0 Å². The van der Waals surface area contributed by atoms with E-state index in [1.54, 1.807) is 0 Å². The van der Waals surface area contributed by atoms with Gasteiger partial charge in [-0.15, -0.1) is 11.3 Å². The van der Waals surface area contributed by atoms with E-state index in [2.05, 4.69) is 32.7 Å². The van der Waals surface area contributed by atoms with E-state index in [1.807, 2.05) is 17.5 Å². The summed E-state index contributed by atoms with van der Waals surface area (Å²) in [6, 6.07) is 0. The molecule has 1 aromatic rings. The molecule has 2 heteroatoms. The molecule has 0 aliphatic heterocycles. The number of hydrogen-bond donors (Lipinski definition) is 0. The van der Waals surface area contributed by atoms with E-state index in [-0.39, 0.29) is 0 Å². The first-order chi connectivity index (χ1) is 5.11. The molecule has 11 heavy (non-hydrogen) atoms. The Kier molecular flexibility index (Phi) is 2.66. The van der Waals surface area contributed by atoms with E-state index in [4.69, 9.17) is 0 Å². The molecular weight excluding hydrogens is 154 g/mol. The number of thiazole rings is 1. The lowest BCUT2D eigenvalue weighted by molar-refractivity contribution is 0.850. The van der Waals surface area contributed by atoms with Crippen LogP contribution < -0.4 is 0 Å². The monoisotopic (exact) mass is 169 g/mol. The second-order valence-corrected chi connectivity index (χ2v) is 4.50. The van der Waals surface area contributed by atoms with Gasteiger partial charge in [0.05, 0.1) is 5.01 Å². The van der Waals surface area contributed by atoms with Crippen LogP contribution in [0.3, 0.4) is 0 Å². The van der Waals surface area contributed by atoms with Gasteiger partial charge in [0, 0.05) is 17.0 Å². The van der Waals surface area contributed by atoms with Crippen LogP contribution in [0.15, 0.2) is 6.20 Å². The van der Waals surface area contributed by atoms with Crippen LogP contribution in [0.25, 0.3) is 0 Å². The van der Waals surface area contributed by atoms with Crippen molar-refractivity contribution in [2.24, 2.45) is 0 Å². The zero-order chi connectivity index (χ0) is 8.43. The molecule has 0 atom stereocenters. The average Bonchev–Trinajstić information content (AvgIpc) is 2.33. The Balaban J connectivity index is 2.82. The van der Waals surface area contributed by atoms with Gasteiger partial charge in [-0.05, 0) is 5.92 Å². The molecule has 1 nitrogen and oxygen atoms in total. The topological polar surface area (TPSA) is 12.9 Å². The molecule has 1 rings (SSSR count). The number of aromatic nitrogens is 1. The normalized spacial score (nSPS) is 11.5. The third kappa shape index (κ3) is 2.03. The van der Waals surface area contributed by atoms with E-state index in [0.717, 1.165) is 0 Å². The van der Waals surface area contributed by atoms with Crippen LogP contribution in [0.5, 0.6) is 0 Å². The minimum atomic E-state index is 0.576. The van der Waals surface area contributed by atoms with Crippen molar-refractivity contribution in [3.8, 4) is 0 Å². The Morgan fingerprint density at radius 2 is 1.82 bits per heavy atom. The molecule has 0 aliphatic carbocycles. The highest BCUT2D eigenvalue weighted by molar-refractivity contribution is 7.11. The van der Waals surface area contributed by atoms with Gasteiger partial charge in [0.15, 0.2) is 0 Å². The maximum atomic E-state index is 4.36. The fourth-order valence-corrected chi connectivity index (χ4v) is 1.76. The van der Waals surface area contributed by atoms with E-state index in [9.17, 15) is 0 Å². The summed E-state index contributed by atoms with van der Waals surface area (Å²) in [5.74, 6) is 1.20. The number of rotatable bonds is 2. The molecular formula is C9H15NS. The van der Waals surface area contributed by atoms with Crippen molar-refractivity contribution in [1.82, 2.24) is 4.98 Å². The largest absolute Gasteiger partial charge is 0.249 e. The fourth-order valence-electron chi connectivity index (χ4n) is 0.835. The van der Waals surface area contributed by atoms with Crippen molar-refractivity contribution in [3.05, 3.63) is 16.1 Å². The maximum absolute atomic E-state index is 4.36. The summed E-state index contributed by atoms with van der Waals surface area (Å²) >= 11 is 1.84. The van der Waals surface area contributed by atoms with Gasteiger partial charge < -0.3 is 0 Å². The first-order valence-corrected chi connectivity index (χ1v) is 4.88. The molecule has 0 unspecified atom stereocenters. The van der Waals surface area contributed by atoms with Crippen molar-refractivity contribution in [2.75, 3.05) is 0 Å². The summed E-state index contributed by atoms with van der Waals surface area (Å²) in [6.07, 6.45) is 2.00. The Bertz CT molecular complexity index is 203. The molecule has 0 bridgehead atoms. The predicted octanol–water partition coefficient (Wildman–Crippen LogP) is 3.39. The lowest BCUT2D eigenvalue weighted by Crippen LogP contribution is -1.81. The highest BCUT2D eigenvalue weighted by atomic mass is 32.1. The van der Waals surface area contributed by atoms with Crippen molar-refractivity contribution < 1.29 is 0 Å². The van der Waals surface area contributed by atoms with Crippen LogP contribution in [0.1, 0.15) is 49.4 Å². The van der Waals surface area contributed by atoms with Crippen LogP contribution >= 0.6 is 11.3 Å². The second kappa shape index (κ2) is 3.35. The molecule has 0 aliphatic rings. The van der Waals surface area contributed by atoms with Crippen LogP contribution in [0.4, 0.5) is 0 Å². The molecule has 62 valence electrons. The van der Waals surface area contributed by atoms with Crippen molar-refractivity contribution in [3.63, 3.8) is 0 Å². The van der Waals surface area contributed by atoms with Gasteiger partial charge in [0.1, 0.15) is 0 Å². The lowest BCUT2D eigenvalue weighted by atomic mass is 10.2. The summed E-state index contributed by atoms with van der Waals surface area (Å²) in [5, 5.41) is 1.26. The quantitative estimate of drug-likeness (QED) is 0.661. The van der Waals surface area contributed by atoms with Crippen LogP contribution in [0.2, 0.25) is 0 Å². The average molecular weight is 169 g/mol.